The fourth-order valence-electron chi connectivity index (χ4n) is 4.85. The molecule has 122 valence electrons. The molecule has 0 spiro atoms. The van der Waals surface area contributed by atoms with Crippen molar-refractivity contribution < 1.29 is 5.11 Å². The molecular formula is C21H32O. The van der Waals surface area contributed by atoms with Gasteiger partial charge in [-0.05, 0) is 61.1 Å². The van der Waals surface area contributed by atoms with E-state index in [1.165, 1.54) is 88.2 Å². The summed E-state index contributed by atoms with van der Waals surface area (Å²) in [6.07, 6.45) is 15.8. The first-order valence-electron chi connectivity index (χ1n) is 9.66. The van der Waals surface area contributed by atoms with Crippen LogP contribution in [0.25, 0.3) is 0 Å². The third-order valence-corrected chi connectivity index (χ3v) is 5.90. The molecule has 2 aliphatic rings. The fraction of sp³-hybridized carbons (Fsp3) is 0.714. The molecule has 0 atom stereocenters. The number of hydrogen-bond donors (Lipinski definition) is 1. The van der Waals surface area contributed by atoms with E-state index in [4.69, 9.17) is 0 Å². The molecule has 1 N–H and O–H groups in total. The standard InChI is InChI=1S/C21H32O/c1-2-9-16-14-15-19(22)21(18-12-7-4-8-13-18)20(16)17-10-5-3-6-11-17/h14-15,17-18,22H,2-13H2,1H3. The number of aryl methyl sites for hydroxylation is 1. The molecular weight excluding hydrogens is 268 g/mol. The number of aromatic hydroxyl groups is 1. The summed E-state index contributed by atoms with van der Waals surface area (Å²) in [7, 11) is 0. The van der Waals surface area contributed by atoms with Gasteiger partial charge in [-0.1, -0.05) is 57.9 Å². The van der Waals surface area contributed by atoms with Crippen LogP contribution in [0.2, 0.25) is 0 Å². The topological polar surface area (TPSA) is 20.2 Å². The quantitative estimate of drug-likeness (QED) is 0.678. The van der Waals surface area contributed by atoms with Crippen molar-refractivity contribution in [2.75, 3.05) is 0 Å². The van der Waals surface area contributed by atoms with E-state index in [0.717, 1.165) is 0 Å². The fourth-order valence-corrected chi connectivity index (χ4v) is 4.85. The summed E-state index contributed by atoms with van der Waals surface area (Å²) in [5.41, 5.74) is 4.47. The zero-order chi connectivity index (χ0) is 15.4. The van der Waals surface area contributed by atoms with Crippen molar-refractivity contribution in [1.29, 1.82) is 0 Å². The van der Waals surface area contributed by atoms with Crippen LogP contribution >= 0.6 is 0 Å². The van der Waals surface area contributed by atoms with E-state index in [0.29, 0.717) is 17.6 Å². The highest BCUT2D eigenvalue weighted by atomic mass is 16.3. The predicted molar refractivity (Wildman–Crippen MR) is 93.8 cm³/mol. The van der Waals surface area contributed by atoms with Crippen molar-refractivity contribution in [2.24, 2.45) is 0 Å². The molecule has 0 heterocycles. The van der Waals surface area contributed by atoms with Crippen molar-refractivity contribution in [3.8, 4) is 5.75 Å². The van der Waals surface area contributed by atoms with Crippen molar-refractivity contribution in [3.63, 3.8) is 0 Å². The van der Waals surface area contributed by atoms with Crippen LogP contribution < -0.4 is 0 Å². The highest BCUT2D eigenvalue weighted by molar-refractivity contribution is 5.49. The Hall–Kier alpha value is -0.980. The van der Waals surface area contributed by atoms with E-state index in [2.05, 4.69) is 13.0 Å². The third kappa shape index (κ3) is 3.34. The SMILES string of the molecule is CCCc1ccc(O)c(C2CCCCC2)c1C1CCCCC1. The maximum absolute atomic E-state index is 10.7. The van der Waals surface area contributed by atoms with Crippen LogP contribution in [0, 0.1) is 0 Å². The second kappa shape index (κ2) is 7.53. The second-order valence-corrected chi connectivity index (χ2v) is 7.49. The molecule has 0 aromatic heterocycles. The molecule has 1 heteroatoms. The number of hydrogen-bond acceptors (Lipinski definition) is 1. The molecule has 2 aliphatic carbocycles. The molecule has 1 nitrogen and oxygen atoms in total. The lowest BCUT2D eigenvalue weighted by Gasteiger charge is -2.32. The van der Waals surface area contributed by atoms with Gasteiger partial charge in [0.1, 0.15) is 5.75 Å². The summed E-state index contributed by atoms with van der Waals surface area (Å²) in [4.78, 5) is 0. The molecule has 1 aromatic rings. The van der Waals surface area contributed by atoms with Crippen LogP contribution in [0.15, 0.2) is 12.1 Å². The maximum atomic E-state index is 10.7. The first-order valence-corrected chi connectivity index (χ1v) is 9.66. The van der Waals surface area contributed by atoms with Crippen molar-refractivity contribution in [1.82, 2.24) is 0 Å². The van der Waals surface area contributed by atoms with Crippen LogP contribution in [0.1, 0.15) is 106 Å². The molecule has 2 saturated carbocycles. The summed E-state index contributed by atoms with van der Waals surface area (Å²) >= 11 is 0. The van der Waals surface area contributed by atoms with E-state index in [1.54, 1.807) is 5.56 Å². The van der Waals surface area contributed by atoms with Crippen LogP contribution in [-0.2, 0) is 6.42 Å². The Kier molecular flexibility index (Phi) is 5.44. The lowest BCUT2D eigenvalue weighted by Crippen LogP contribution is -2.15. The molecule has 22 heavy (non-hydrogen) atoms. The number of phenols is 1. The minimum atomic E-state index is 0.590. The van der Waals surface area contributed by atoms with Gasteiger partial charge in [0, 0.05) is 5.56 Å². The summed E-state index contributed by atoms with van der Waals surface area (Å²) in [6, 6.07) is 4.20. The van der Waals surface area contributed by atoms with Gasteiger partial charge in [-0.2, -0.15) is 0 Å². The lowest BCUT2D eigenvalue weighted by atomic mass is 9.73. The van der Waals surface area contributed by atoms with Crippen LogP contribution in [0.3, 0.4) is 0 Å². The Morgan fingerprint density at radius 1 is 0.818 bits per heavy atom. The van der Waals surface area contributed by atoms with Gasteiger partial charge in [0.25, 0.3) is 0 Å². The highest BCUT2D eigenvalue weighted by Gasteiger charge is 2.28. The van der Waals surface area contributed by atoms with E-state index >= 15 is 0 Å². The van der Waals surface area contributed by atoms with Gasteiger partial charge in [0.15, 0.2) is 0 Å². The van der Waals surface area contributed by atoms with E-state index in [9.17, 15) is 5.11 Å². The van der Waals surface area contributed by atoms with E-state index < -0.39 is 0 Å². The predicted octanol–water partition coefficient (Wildman–Crippen LogP) is 6.44. The highest BCUT2D eigenvalue weighted by Crippen LogP contribution is 2.46. The largest absolute Gasteiger partial charge is 0.508 e. The molecule has 0 bridgehead atoms. The van der Waals surface area contributed by atoms with Crippen LogP contribution in [0.4, 0.5) is 0 Å². The zero-order valence-electron chi connectivity index (χ0n) is 14.2. The molecule has 0 radical (unpaired) electrons. The molecule has 2 fully saturated rings. The number of phenolic OH excluding ortho intramolecular Hbond substituents is 1. The Bertz CT molecular complexity index is 479. The summed E-state index contributed by atoms with van der Waals surface area (Å²) < 4.78 is 0. The maximum Gasteiger partial charge on any atom is 0.119 e. The first-order chi connectivity index (χ1) is 10.8. The summed E-state index contributed by atoms with van der Waals surface area (Å²) in [6.45, 7) is 2.28. The second-order valence-electron chi connectivity index (χ2n) is 7.49. The minimum absolute atomic E-state index is 0.590. The van der Waals surface area contributed by atoms with Gasteiger partial charge in [-0.3, -0.25) is 0 Å². The minimum Gasteiger partial charge on any atom is -0.508 e. The average Bonchev–Trinajstić information content (AvgIpc) is 2.58. The molecule has 0 saturated heterocycles. The van der Waals surface area contributed by atoms with E-state index in [-0.39, 0.29) is 0 Å². The zero-order valence-corrected chi connectivity index (χ0v) is 14.2. The molecule has 0 amide bonds. The first kappa shape index (κ1) is 15.9. The van der Waals surface area contributed by atoms with Gasteiger partial charge in [0.05, 0.1) is 0 Å². The average molecular weight is 300 g/mol. The van der Waals surface area contributed by atoms with Crippen molar-refractivity contribution in [3.05, 3.63) is 28.8 Å². The van der Waals surface area contributed by atoms with Gasteiger partial charge in [0.2, 0.25) is 0 Å². The molecule has 3 rings (SSSR count). The Balaban J connectivity index is 2.02. The molecule has 0 aliphatic heterocycles. The monoisotopic (exact) mass is 300 g/mol. The Morgan fingerprint density at radius 3 is 1.91 bits per heavy atom. The van der Waals surface area contributed by atoms with Crippen LogP contribution in [-0.4, -0.2) is 5.11 Å². The van der Waals surface area contributed by atoms with Crippen molar-refractivity contribution >= 4 is 0 Å². The normalized spacial score (nSPS) is 21.1. The third-order valence-electron chi connectivity index (χ3n) is 5.90. The Labute approximate surface area is 136 Å². The summed E-state index contributed by atoms with van der Waals surface area (Å²) in [5, 5.41) is 10.7. The van der Waals surface area contributed by atoms with Crippen molar-refractivity contribution in [2.45, 2.75) is 95.8 Å². The van der Waals surface area contributed by atoms with Crippen LogP contribution in [0.5, 0.6) is 5.75 Å². The summed E-state index contributed by atoms with van der Waals surface area (Å²) in [5.74, 6) is 1.91. The smallest absolute Gasteiger partial charge is 0.119 e. The van der Waals surface area contributed by atoms with Gasteiger partial charge in [-0.15, -0.1) is 0 Å². The lowest BCUT2D eigenvalue weighted by molar-refractivity contribution is 0.396. The number of rotatable bonds is 4. The van der Waals surface area contributed by atoms with Gasteiger partial charge < -0.3 is 5.11 Å². The van der Waals surface area contributed by atoms with E-state index in [1.807, 2.05) is 6.07 Å². The Morgan fingerprint density at radius 2 is 1.36 bits per heavy atom. The number of benzene rings is 1. The van der Waals surface area contributed by atoms with Gasteiger partial charge in [-0.25, -0.2) is 0 Å². The molecule has 0 unspecified atom stereocenters. The molecule has 1 aromatic carbocycles. The van der Waals surface area contributed by atoms with Gasteiger partial charge >= 0.3 is 0 Å².